The lowest BCUT2D eigenvalue weighted by Crippen LogP contribution is -2.45. The molecule has 0 aliphatic heterocycles. The Morgan fingerprint density at radius 3 is 2.46 bits per heavy atom. The highest BCUT2D eigenvalue weighted by Crippen LogP contribution is 2.15. The van der Waals surface area contributed by atoms with Gasteiger partial charge in [0.05, 0.1) is 7.11 Å². The van der Waals surface area contributed by atoms with Crippen molar-refractivity contribution in [1.82, 2.24) is 10.3 Å². The highest BCUT2D eigenvalue weighted by molar-refractivity contribution is 5.84. The number of aryl methyl sites for hydroxylation is 1. The van der Waals surface area contributed by atoms with Gasteiger partial charge in [-0.1, -0.05) is 13.8 Å². The maximum absolute atomic E-state index is 12.1. The number of amides is 1. The van der Waals surface area contributed by atoms with Gasteiger partial charge in [-0.25, -0.2) is 4.79 Å². The van der Waals surface area contributed by atoms with Gasteiger partial charge in [0, 0.05) is 12.1 Å². The van der Waals surface area contributed by atoms with Gasteiger partial charge in [-0.3, -0.25) is 9.59 Å². The summed E-state index contributed by atoms with van der Waals surface area (Å²) in [6.45, 7) is 7.06. The smallest absolute Gasteiger partial charge is 0.328 e. The third-order valence-corrected chi connectivity index (χ3v) is 3.96. The minimum absolute atomic E-state index is 0.0608. The first-order valence-corrected chi connectivity index (χ1v) is 7.72. The van der Waals surface area contributed by atoms with Crippen LogP contribution < -0.4 is 10.9 Å². The van der Waals surface area contributed by atoms with Crippen LogP contribution >= 0.6 is 0 Å². The van der Waals surface area contributed by atoms with Crippen LogP contribution in [0.1, 0.15) is 42.7 Å². The molecule has 0 spiro atoms. The maximum Gasteiger partial charge on any atom is 0.328 e. The van der Waals surface area contributed by atoms with Gasteiger partial charge in [-0.05, 0) is 37.3 Å². The third-order valence-electron chi connectivity index (χ3n) is 3.96. The molecular formula is C17H23N3O4. The molecule has 1 atom stereocenters. The second-order valence-corrected chi connectivity index (χ2v) is 5.98. The van der Waals surface area contributed by atoms with Gasteiger partial charge in [0.1, 0.15) is 17.7 Å². The number of aromatic nitrogens is 1. The quantitative estimate of drug-likeness (QED) is 0.757. The monoisotopic (exact) mass is 333 g/mol. The number of ether oxygens (including phenoxy) is 1. The third kappa shape index (κ3) is 4.44. The molecule has 0 saturated carbocycles. The van der Waals surface area contributed by atoms with Crippen LogP contribution in [0, 0.1) is 31.1 Å². The predicted octanol–water partition coefficient (Wildman–Crippen LogP) is 1.11. The molecule has 0 aliphatic carbocycles. The lowest BCUT2D eigenvalue weighted by Gasteiger charge is -2.20. The van der Waals surface area contributed by atoms with Crippen LogP contribution in [0.5, 0.6) is 0 Å². The van der Waals surface area contributed by atoms with E-state index in [1.807, 2.05) is 19.9 Å². The highest BCUT2D eigenvalue weighted by atomic mass is 16.5. The van der Waals surface area contributed by atoms with E-state index in [0.717, 1.165) is 5.56 Å². The maximum atomic E-state index is 12.1. The van der Waals surface area contributed by atoms with Crippen LogP contribution in [0.4, 0.5) is 0 Å². The summed E-state index contributed by atoms with van der Waals surface area (Å²) >= 11 is 0. The van der Waals surface area contributed by atoms with E-state index in [4.69, 9.17) is 5.26 Å². The van der Waals surface area contributed by atoms with Crippen molar-refractivity contribution in [3.05, 3.63) is 32.7 Å². The van der Waals surface area contributed by atoms with Crippen LogP contribution in [0.3, 0.4) is 0 Å². The molecular weight excluding hydrogens is 310 g/mol. The lowest BCUT2D eigenvalue weighted by molar-refractivity contribution is -0.146. The van der Waals surface area contributed by atoms with Crippen molar-refractivity contribution in [2.24, 2.45) is 5.92 Å². The summed E-state index contributed by atoms with van der Waals surface area (Å²) in [4.78, 5) is 38.1. The number of carbonyl (C=O) groups excluding carboxylic acids is 2. The molecule has 0 aliphatic rings. The van der Waals surface area contributed by atoms with E-state index in [0.29, 0.717) is 17.7 Å². The van der Waals surface area contributed by atoms with E-state index in [1.54, 1.807) is 13.8 Å². The number of carbonyl (C=O) groups is 2. The molecule has 1 heterocycles. The first-order valence-electron chi connectivity index (χ1n) is 7.72. The number of H-pyrrole nitrogens is 1. The van der Waals surface area contributed by atoms with Gasteiger partial charge >= 0.3 is 5.97 Å². The minimum atomic E-state index is -0.699. The van der Waals surface area contributed by atoms with Crippen LogP contribution in [0.15, 0.2) is 4.79 Å². The molecule has 1 aromatic heterocycles. The number of rotatable bonds is 6. The fourth-order valence-corrected chi connectivity index (χ4v) is 2.53. The number of nitriles is 1. The number of hydrogen-bond donors (Lipinski definition) is 2. The Labute approximate surface area is 141 Å². The molecule has 0 fully saturated rings. The molecule has 1 aromatic rings. The molecule has 0 radical (unpaired) electrons. The van der Waals surface area contributed by atoms with Gasteiger partial charge < -0.3 is 15.0 Å². The fraction of sp³-hybridized carbons (Fsp3) is 0.529. The largest absolute Gasteiger partial charge is 0.467 e. The second-order valence-electron chi connectivity index (χ2n) is 5.98. The Bertz CT molecular complexity index is 729. The summed E-state index contributed by atoms with van der Waals surface area (Å²) in [5, 5.41) is 11.7. The summed E-state index contributed by atoms with van der Waals surface area (Å²) in [6.07, 6.45) is 0.500. The Kier molecular flexibility index (Phi) is 6.71. The van der Waals surface area contributed by atoms with Gasteiger partial charge in [-0.15, -0.1) is 0 Å². The normalized spacial score (nSPS) is 11.7. The Morgan fingerprint density at radius 1 is 1.33 bits per heavy atom. The SMILES string of the molecule is COC(=O)[C@@H](NC(=O)CCc1c(C)[nH]c(=O)c(C#N)c1C)C(C)C. The number of hydrogen-bond acceptors (Lipinski definition) is 5. The van der Waals surface area contributed by atoms with E-state index < -0.39 is 17.6 Å². The fourth-order valence-electron chi connectivity index (χ4n) is 2.53. The van der Waals surface area contributed by atoms with Gasteiger partial charge in [0.15, 0.2) is 0 Å². The standard InChI is InChI=1S/C17H23N3O4/c1-9(2)15(17(23)24-5)20-14(21)7-6-12-10(3)13(8-18)16(22)19-11(12)4/h9,15H,6-7H2,1-5H3,(H,19,22)(H,20,21)/t15-/m0/s1. The second kappa shape index (κ2) is 8.29. The van der Waals surface area contributed by atoms with E-state index in [2.05, 4.69) is 15.0 Å². The Hall–Kier alpha value is -2.62. The first kappa shape index (κ1) is 19.4. The van der Waals surface area contributed by atoms with Gasteiger partial charge in [-0.2, -0.15) is 5.26 Å². The van der Waals surface area contributed by atoms with Crippen molar-refractivity contribution < 1.29 is 14.3 Å². The van der Waals surface area contributed by atoms with Crippen molar-refractivity contribution in [3.63, 3.8) is 0 Å². The number of methoxy groups -OCH3 is 1. The van der Waals surface area contributed by atoms with Crippen molar-refractivity contribution in [2.45, 2.75) is 46.6 Å². The molecule has 1 rings (SSSR count). The summed E-state index contributed by atoms with van der Waals surface area (Å²) in [7, 11) is 1.28. The topological polar surface area (TPSA) is 112 Å². The molecule has 2 N–H and O–H groups in total. The Morgan fingerprint density at radius 2 is 1.96 bits per heavy atom. The number of nitrogens with one attached hydrogen (secondary N) is 2. The van der Waals surface area contributed by atoms with Crippen LogP contribution in [0.25, 0.3) is 0 Å². The minimum Gasteiger partial charge on any atom is -0.467 e. The zero-order valence-electron chi connectivity index (χ0n) is 14.6. The van der Waals surface area contributed by atoms with Crippen molar-refractivity contribution in [1.29, 1.82) is 5.26 Å². The van der Waals surface area contributed by atoms with E-state index in [-0.39, 0.29) is 23.8 Å². The number of aromatic amines is 1. The molecule has 7 nitrogen and oxygen atoms in total. The Balaban J connectivity index is 2.87. The van der Waals surface area contributed by atoms with Crippen LogP contribution in [0.2, 0.25) is 0 Å². The van der Waals surface area contributed by atoms with Gasteiger partial charge in [0.25, 0.3) is 5.56 Å². The molecule has 130 valence electrons. The molecule has 24 heavy (non-hydrogen) atoms. The zero-order valence-corrected chi connectivity index (χ0v) is 14.6. The highest BCUT2D eigenvalue weighted by Gasteiger charge is 2.25. The average Bonchev–Trinajstić information content (AvgIpc) is 2.51. The van der Waals surface area contributed by atoms with Gasteiger partial charge in [0.2, 0.25) is 5.91 Å². The van der Waals surface area contributed by atoms with E-state index in [1.165, 1.54) is 7.11 Å². The molecule has 0 unspecified atom stereocenters. The van der Waals surface area contributed by atoms with Crippen molar-refractivity contribution >= 4 is 11.9 Å². The number of pyridine rings is 1. The van der Waals surface area contributed by atoms with Crippen molar-refractivity contribution in [3.8, 4) is 6.07 Å². The zero-order chi connectivity index (χ0) is 18.4. The summed E-state index contributed by atoms with van der Waals surface area (Å²) in [5.41, 5.74) is 1.62. The summed E-state index contributed by atoms with van der Waals surface area (Å²) < 4.78 is 4.69. The molecule has 0 bridgehead atoms. The van der Waals surface area contributed by atoms with E-state index >= 15 is 0 Å². The number of nitrogens with zero attached hydrogens (tertiary/aromatic N) is 1. The lowest BCUT2D eigenvalue weighted by atomic mass is 9.98. The van der Waals surface area contributed by atoms with Crippen LogP contribution in [-0.2, 0) is 20.7 Å². The van der Waals surface area contributed by atoms with Crippen LogP contribution in [-0.4, -0.2) is 30.0 Å². The average molecular weight is 333 g/mol. The molecule has 0 aromatic carbocycles. The molecule has 1 amide bonds. The van der Waals surface area contributed by atoms with Crippen molar-refractivity contribution in [2.75, 3.05) is 7.11 Å². The molecule has 7 heteroatoms. The summed E-state index contributed by atoms with van der Waals surface area (Å²) in [6, 6.07) is 1.18. The summed E-state index contributed by atoms with van der Waals surface area (Å²) in [5.74, 6) is -0.868. The first-order chi connectivity index (χ1) is 11.2. The predicted molar refractivity (Wildman–Crippen MR) is 88.4 cm³/mol. The number of esters is 1. The molecule has 0 saturated heterocycles. The van der Waals surface area contributed by atoms with E-state index in [9.17, 15) is 14.4 Å².